The Kier molecular flexibility index (Phi) is 9.29. The highest BCUT2D eigenvalue weighted by Crippen LogP contribution is 2.07. The molecule has 0 aromatic rings. The molecule has 1 atom stereocenters. The van der Waals surface area contributed by atoms with Gasteiger partial charge in [0.15, 0.2) is 0 Å². The third kappa shape index (κ3) is 11.4. The lowest BCUT2D eigenvalue weighted by Gasteiger charge is -2.21. The number of alkyl carbamates (subject to hydrolysis) is 1. The summed E-state index contributed by atoms with van der Waals surface area (Å²) in [6, 6.07) is -0.713. The molecule has 2 amide bonds. The number of carbonyl (C=O) groups excluding carboxylic acids is 3. The maximum Gasteiger partial charge on any atom is 0.408 e. The van der Waals surface area contributed by atoms with E-state index in [-0.39, 0.29) is 12.5 Å². The first-order chi connectivity index (χ1) is 10.5. The number of ether oxygens (including phenoxy) is 2. The van der Waals surface area contributed by atoms with Crippen LogP contribution in [0, 0.1) is 5.92 Å². The van der Waals surface area contributed by atoms with Crippen LogP contribution in [0.15, 0.2) is 0 Å². The Labute approximate surface area is 138 Å². The molecule has 0 unspecified atom stereocenters. The Hall–Kier alpha value is -1.79. The number of hydrogen-bond acceptors (Lipinski definition) is 5. The van der Waals surface area contributed by atoms with E-state index in [1.165, 1.54) is 0 Å². The van der Waals surface area contributed by atoms with Gasteiger partial charge in [-0.1, -0.05) is 20.8 Å². The molecule has 0 aromatic heterocycles. The van der Waals surface area contributed by atoms with Gasteiger partial charge in [-0.3, -0.25) is 4.79 Å². The van der Waals surface area contributed by atoms with E-state index >= 15 is 0 Å². The fraction of sp³-hybridized carbons (Fsp3) is 0.812. The van der Waals surface area contributed by atoms with E-state index in [4.69, 9.17) is 9.47 Å². The highest BCUT2D eigenvalue weighted by molar-refractivity contribution is 5.87. The number of carbonyl (C=O) groups is 3. The SMILES string of the molecule is CCCOC(=O)[C@H](CC(C)C)NC(=O)CNC(=O)OC(C)(C)C. The molecule has 0 radical (unpaired) electrons. The fourth-order valence-electron chi connectivity index (χ4n) is 1.70. The Bertz CT molecular complexity index is 402. The van der Waals surface area contributed by atoms with Crippen molar-refractivity contribution in [3.63, 3.8) is 0 Å². The Balaban J connectivity index is 4.42. The summed E-state index contributed by atoms with van der Waals surface area (Å²) >= 11 is 0. The van der Waals surface area contributed by atoms with Gasteiger partial charge in [-0.25, -0.2) is 9.59 Å². The van der Waals surface area contributed by atoms with E-state index in [2.05, 4.69) is 10.6 Å². The van der Waals surface area contributed by atoms with Crippen molar-refractivity contribution < 1.29 is 23.9 Å². The van der Waals surface area contributed by atoms with Gasteiger partial charge in [0.05, 0.1) is 6.61 Å². The van der Waals surface area contributed by atoms with E-state index in [1.807, 2.05) is 20.8 Å². The molecule has 7 nitrogen and oxygen atoms in total. The summed E-state index contributed by atoms with van der Waals surface area (Å²) in [7, 11) is 0. The molecule has 0 aliphatic carbocycles. The average Bonchev–Trinajstić information content (AvgIpc) is 2.39. The highest BCUT2D eigenvalue weighted by Gasteiger charge is 2.24. The van der Waals surface area contributed by atoms with Crippen LogP contribution in [0.3, 0.4) is 0 Å². The third-order valence-electron chi connectivity index (χ3n) is 2.57. The molecule has 23 heavy (non-hydrogen) atoms. The lowest BCUT2D eigenvalue weighted by atomic mass is 10.0. The highest BCUT2D eigenvalue weighted by atomic mass is 16.6. The minimum absolute atomic E-state index is 0.216. The number of hydrogen-bond donors (Lipinski definition) is 2. The van der Waals surface area contributed by atoms with Gasteiger partial charge in [0.25, 0.3) is 0 Å². The van der Waals surface area contributed by atoms with Gasteiger partial charge in [-0.2, -0.15) is 0 Å². The molecule has 0 fully saturated rings. The van der Waals surface area contributed by atoms with E-state index in [0.717, 1.165) is 0 Å². The standard InChI is InChI=1S/C16H30N2O5/c1-7-8-22-14(20)12(9-11(2)3)18-13(19)10-17-15(21)23-16(4,5)6/h11-12H,7-10H2,1-6H3,(H,17,21)(H,18,19)/t12-/m0/s1. The predicted octanol–water partition coefficient (Wildman–Crippen LogP) is 2.00. The summed E-state index contributed by atoms with van der Waals surface area (Å²) in [5.74, 6) is -0.700. The number of nitrogens with one attached hydrogen (secondary N) is 2. The number of rotatable bonds is 8. The summed E-state index contributed by atoms with van der Waals surface area (Å²) in [6.45, 7) is 11.0. The molecule has 0 heterocycles. The summed E-state index contributed by atoms with van der Waals surface area (Å²) in [5, 5.41) is 4.95. The van der Waals surface area contributed by atoms with Crippen molar-refractivity contribution in [3.05, 3.63) is 0 Å². The van der Waals surface area contributed by atoms with Crippen LogP contribution in [0.1, 0.15) is 54.4 Å². The molecule has 0 bridgehead atoms. The molecular weight excluding hydrogens is 300 g/mol. The molecule has 2 N–H and O–H groups in total. The molecule has 7 heteroatoms. The van der Waals surface area contributed by atoms with Crippen LogP contribution >= 0.6 is 0 Å². The zero-order valence-electron chi connectivity index (χ0n) is 15.0. The zero-order valence-corrected chi connectivity index (χ0v) is 15.0. The summed E-state index contributed by atoms with van der Waals surface area (Å²) in [6.07, 6.45) is 0.510. The van der Waals surface area contributed by atoms with Crippen molar-refractivity contribution in [1.29, 1.82) is 0 Å². The largest absolute Gasteiger partial charge is 0.464 e. The summed E-state index contributed by atoms with van der Waals surface area (Å²) < 4.78 is 10.1. The Morgan fingerprint density at radius 2 is 1.74 bits per heavy atom. The monoisotopic (exact) mass is 330 g/mol. The lowest BCUT2D eigenvalue weighted by Crippen LogP contribution is -2.47. The normalized spacial score (nSPS) is 12.5. The molecule has 0 spiro atoms. The first-order valence-corrected chi connectivity index (χ1v) is 7.98. The van der Waals surface area contributed by atoms with Crippen LogP contribution in [0.25, 0.3) is 0 Å². The molecular formula is C16H30N2O5. The Morgan fingerprint density at radius 3 is 2.22 bits per heavy atom. The second-order valence-corrected chi connectivity index (χ2v) is 6.77. The first-order valence-electron chi connectivity index (χ1n) is 7.98. The van der Waals surface area contributed by atoms with Crippen molar-refractivity contribution in [1.82, 2.24) is 10.6 Å². The molecule has 0 rings (SSSR count). The minimum Gasteiger partial charge on any atom is -0.464 e. The van der Waals surface area contributed by atoms with Gasteiger partial charge in [-0.05, 0) is 39.5 Å². The molecule has 0 saturated carbocycles. The van der Waals surface area contributed by atoms with Crippen LogP contribution in [-0.4, -0.2) is 42.8 Å². The van der Waals surface area contributed by atoms with E-state index in [1.54, 1.807) is 20.8 Å². The van der Waals surface area contributed by atoms with Crippen molar-refractivity contribution >= 4 is 18.0 Å². The van der Waals surface area contributed by atoms with Crippen LogP contribution in [0.2, 0.25) is 0 Å². The van der Waals surface area contributed by atoms with Crippen molar-refractivity contribution in [3.8, 4) is 0 Å². The van der Waals surface area contributed by atoms with Crippen LogP contribution in [0.5, 0.6) is 0 Å². The number of esters is 1. The quantitative estimate of drug-likeness (QED) is 0.664. The first kappa shape index (κ1) is 21.2. The van der Waals surface area contributed by atoms with Crippen molar-refractivity contribution in [2.45, 2.75) is 66.0 Å². The second-order valence-electron chi connectivity index (χ2n) is 6.77. The molecule has 134 valence electrons. The minimum atomic E-state index is -0.713. The van der Waals surface area contributed by atoms with Crippen molar-refractivity contribution in [2.75, 3.05) is 13.2 Å². The predicted molar refractivity (Wildman–Crippen MR) is 86.9 cm³/mol. The van der Waals surface area contributed by atoms with Gasteiger partial charge in [0.1, 0.15) is 18.2 Å². The third-order valence-corrected chi connectivity index (χ3v) is 2.57. The lowest BCUT2D eigenvalue weighted by molar-refractivity contribution is -0.148. The van der Waals surface area contributed by atoms with Gasteiger partial charge >= 0.3 is 12.1 Å². The summed E-state index contributed by atoms with van der Waals surface area (Å²) in [5.41, 5.74) is -0.634. The van der Waals surface area contributed by atoms with Gasteiger partial charge < -0.3 is 20.1 Å². The van der Waals surface area contributed by atoms with Crippen LogP contribution in [0.4, 0.5) is 4.79 Å². The van der Waals surface area contributed by atoms with Gasteiger partial charge in [-0.15, -0.1) is 0 Å². The molecule has 0 aliphatic rings. The molecule has 0 aliphatic heterocycles. The topological polar surface area (TPSA) is 93.7 Å². The smallest absolute Gasteiger partial charge is 0.408 e. The van der Waals surface area contributed by atoms with Gasteiger partial charge in [0.2, 0.25) is 5.91 Å². The zero-order chi connectivity index (χ0) is 18.0. The maximum absolute atomic E-state index is 11.9. The summed E-state index contributed by atoms with van der Waals surface area (Å²) in [4.78, 5) is 35.3. The van der Waals surface area contributed by atoms with E-state index < -0.39 is 29.6 Å². The van der Waals surface area contributed by atoms with Gasteiger partial charge in [0, 0.05) is 0 Å². The van der Waals surface area contributed by atoms with Crippen LogP contribution < -0.4 is 10.6 Å². The van der Waals surface area contributed by atoms with Crippen LogP contribution in [-0.2, 0) is 19.1 Å². The Morgan fingerprint density at radius 1 is 1.13 bits per heavy atom. The number of amides is 2. The second kappa shape index (κ2) is 10.1. The van der Waals surface area contributed by atoms with Crippen molar-refractivity contribution in [2.24, 2.45) is 5.92 Å². The van der Waals surface area contributed by atoms with E-state index in [0.29, 0.717) is 19.4 Å². The van der Waals surface area contributed by atoms with E-state index in [9.17, 15) is 14.4 Å². The average molecular weight is 330 g/mol. The molecule has 0 saturated heterocycles. The maximum atomic E-state index is 11.9. The fourth-order valence-corrected chi connectivity index (χ4v) is 1.70. The molecule has 0 aromatic carbocycles.